The molecule has 19 heavy (non-hydrogen) atoms. The molecule has 1 aromatic heterocycles. The number of carbonyl (C=O) groups is 1. The van der Waals surface area contributed by atoms with Crippen LogP contribution in [0.2, 0.25) is 0 Å². The van der Waals surface area contributed by atoms with Crippen LogP contribution in [0.5, 0.6) is 0 Å². The lowest BCUT2D eigenvalue weighted by Crippen LogP contribution is -2.35. The average molecular weight is 264 g/mol. The highest BCUT2D eigenvalue weighted by molar-refractivity contribution is 5.74. The minimum Gasteiger partial charge on any atom is -0.465 e. The van der Waals surface area contributed by atoms with E-state index >= 15 is 0 Å². The quantitative estimate of drug-likeness (QED) is 0.883. The van der Waals surface area contributed by atoms with Crippen molar-refractivity contribution in [2.45, 2.75) is 19.3 Å². The Morgan fingerprint density at radius 2 is 2.16 bits per heavy atom. The molecule has 0 aliphatic heterocycles. The number of benzene rings is 1. The number of carboxylic acid groups (broad SMARTS) is 1. The van der Waals surface area contributed by atoms with Crippen LogP contribution >= 0.6 is 0 Å². The number of nitrogens with one attached hydrogen (secondary N) is 1. The molecule has 0 saturated heterocycles. The minimum atomic E-state index is -1.06. The standard InChI is InChI=1S/C13H16N2O4/c1-13(2,7-14-11(16)17)8-4-5-9-10(6-8)19-12(18)15(9)3/h4-6,14H,7H2,1-3H3,(H,16,17). The van der Waals surface area contributed by atoms with Gasteiger partial charge >= 0.3 is 11.8 Å². The molecule has 0 atom stereocenters. The molecule has 1 aromatic carbocycles. The van der Waals surface area contributed by atoms with Crippen molar-refractivity contribution in [3.8, 4) is 0 Å². The maximum absolute atomic E-state index is 11.4. The zero-order chi connectivity index (χ0) is 14.2. The van der Waals surface area contributed by atoms with Gasteiger partial charge in [0.25, 0.3) is 0 Å². The van der Waals surface area contributed by atoms with Gasteiger partial charge in [0.2, 0.25) is 0 Å². The number of hydrogen-bond donors (Lipinski definition) is 2. The van der Waals surface area contributed by atoms with Crippen LogP contribution in [0.1, 0.15) is 19.4 Å². The van der Waals surface area contributed by atoms with Crippen molar-refractivity contribution in [1.29, 1.82) is 0 Å². The highest BCUT2D eigenvalue weighted by Gasteiger charge is 2.22. The molecule has 0 radical (unpaired) electrons. The molecule has 0 saturated carbocycles. The van der Waals surface area contributed by atoms with Crippen LogP contribution < -0.4 is 11.1 Å². The van der Waals surface area contributed by atoms with E-state index in [0.717, 1.165) is 11.1 Å². The van der Waals surface area contributed by atoms with Crippen LogP contribution in [-0.2, 0) is 12.5 Å². The molecule has 0 aliphatic rings. The average Bonchev–Trinajstić information content (AvgIpc) is 2.62. The van der Waals surface area contributed by atoms with Crippen LogP contribution in [0.25, 0.3) is 11.1 Å². The fourth-order valence-corrected chi connectivity index (χ4v) is 1.95. The number of aryl methyl sites for hydroxylation is 1. The predicted octanol–water partition coefficient (Wildman–Crippen LogP) is 1.68. The summed E-state index contributed by atoms with van der Waals surface area (Å²) >= 11 is 0. The Morgan fingerprint density at radius 1 is 1.47 bits per heavy atom. The van der Waals surface area contributed by atoms with Gasteiger partial charge in [0.15, 0.2) is 5.58 Å². The third kappa shape index (κ3) is 2.47. The number of fused-ring (bicyclic) bond motifs is 1. The number of oxazole rings is 1. The number of rotatable bonds is 3. The van der Waals surface area contributed by atoms with Gasteiger partial charge in [0.1, 0.15) is 0 Å². The molecule has 0 fully saturated rings. The second-order valence-corrected chi connectivity index (χ2v) is 5.15. The maximum atomic E-state index is 11.4. The summed E-state index contributed by atoms with van der Waals surface area (Å²) in [4.78, 5) is 22.0. The van der Waals surface area contributed by atoms with Crippen LogP contribution in [0.4, 0.5) is 4.79 Å². The smallest absolute Gasteiger partial charge is 0.419 e. The second-order valence-electron chi connectivity index (χ2n) is 5.15. The summed E-state index contributed by atoms with van der Waals surface area (Å²) in [7, 11) is 1.64. The molecule has 0 spiro atoms. The number of nitrogens with zero attached hydrogens (tertiary/aromatic N) is 1. The molecule has 1 heterocycles. The SMILES string of the molecule is Cn1c(=O)oc2cc(C(C)(C)CNC(=O)O)ccc21. The molecule has 2 N–H and O–H groups in total. The van der Waals surface area contributed by atoms with Gasteiger partial charge in [0.05, 0.1) is 5.52 Å². The van der Waals surface area contributed by atoms with E-state index in [0.29, 0.717) is 5.58 Å². The Morgan fingerprint density at radius 3 is 2.79 bits per heavy atom. The van der Waals surface area contributed by atoms with E-state index in [-0.39, 0.29) is 12.0 Å². The monoisotopic (exact) mass is 264 g/mol. The van der Waals surface area contributed by atoms with Crippen molar-refractivity contribution >= 4 is 17.2 Å². The van der Waals surface area contributed by atoms with Gasteiger partial charge in [-0.3, -0.25) is 4.57 Å². The molecular weight excluding hydrogens is 248 g/mol. The first-order chi connectivity index (χ1) is 8.81. The predicted molar refractivity (Wildman–Crippen MR) is 70.5 cm³/mol. The lowest BCUT2D eigenvalue weighted by molar-refractivity contribution is 0.192. The summed E-state index contributed by atoms with van der Waals surface area (Å²) in [5.41, 5.74) is 1.74. The van der Waals surface area contributed by atoms with Crippen LogP contribution in [0.15, 0.2) is 27.4 Å². The van der Waals surface area contributed by atoms with E-state index < -0.39 is 11.8 Å². The first-order valence-corrected chi connectivity index (χ1v) is 5.88. The summed E-state index contributed by atoms with van der Waals surface area (Å²) in [6.45, 7) is 4.13. The first kappa shape index (κ1) is 13.2. The molecule has 1 amide bonds. The molecule has 0 aliphatic carbocycles. The number of amides is 1. The Kier molecular flexibility index (Phi) is 3.09. The number of hydrogen-bond acceptors (Lipinski definition) is 3. The fourth-order valence-electron chi connectivity index (χ4n) is 1.95. The van der Waals surface area contributed by atoms with Crippen molar-refractivity contribution in [3.63, 3.8) is 0 Å². The third-order valence-electron chi connectivity index (χ3n) is 3.26. The van der Waals surface area contributed by atoms with Crippen molar-refractivity contribution in [2.24, 2.45) is 7.05 Å². The van der Waals surface area contributed by atoms with E-state index in [2.05, 4.69) is 5.32 Å². The Balaban J connectivity index is 2.40. The highest BCUT2D eigenvalue weighted by atomic mass is 16.4. The molecule has 2 rings (SSSR count). The van der Waals surface area contributed by atoms with Crippen molar-refractivity contribution < 1.29 is 14.3 Å². The van der Waals surface area contributed by atoms with Gasteiger partial charge in [0, 0.05) is 19.0 Å². The van der Waals surface area contributed by atoms with E-state index in [9.17, 15) is 9.59 Å². The van der Waals surface area contributed by atoms with E-state index in [1.54, 1.807) is 19.2 Å². The zero-order valence-electron chi connectivity index (χ0n) is 11.1. The summed E-state index contributed by atoms with van der Waals surface area (Å²) in [5, 5.41) is 11.0. The molecule has 2 aromatic rings. The van der Waals surface area contributed by atoms with Crippen LogP contribution in [0, 0.1) is 0 Å². The summed E-state index contributed by atoms with van der Waals surface area (Å²) in [6.07, 6.45) is -1.06. The van der Waals surface area contributed by atoms with Gasteiger partial charge in [-0.2, -0.15) is 0 Å². The zero-order valence-corrected chi connectivity index (χ0v) is 11.1. The summed E-state index contributed by atoms with van der Waals surface area (Å²) in [5.74, 6) is -0.409. The van der Waals surface area contributed by atoms with Crippen LogP contribution in [0.3, 0.4) is 0 Å². The topological polar surface area (TPSA) is 84.5 Å². The third-order valence-corrected chi connectivity index (χ3v) is 3.26. The highest BCUT2D eigenvalue weighted by Crippen LogP contribution is 2.25. The Labute approximate surface area is 109 Å². The molecule has 6 heteroatoms. The van der Waals surface area contributed by atoms with Gasteiger partial charge < -0.3 is 14.8 Å². The lowest BCUT2D eigenvalue weighted by Gasteiger charge is -2.24. The van der Waals surface area contributed by atoms with Crippen molar-refractivity contribution in [2.75, 3.05) is 6.54 Å². The normalized spacial score (nSPS) is 11.7. The van der Waals surface area contributed by atoms with E-state index in [1.807, 2.05) is 19.9 Å². The summed E-state index contributed by atoms with van der Waals surface area (Å²) in [6, 6.07) is 5.46. The van der Waals surface area contributed by atoms with Gasteiger partial charge in [-0.05, 0) is 17.7 Å². The van der Waals surface area contributed by atoms with Crippen LogP contribution in [-0.4, -0.2) is 22.3 Å². The largest absolute Gasteiger partial charge is 0.465 e. The minimum absolute atomic E-state index is 0.283. The molecule has 0 bridgehead atoms. The van der Waals surface area contributed by atoms with E-state index in [1.165, 1.54) is 4.57 Å². The first-order valence-electron chi connectivity index (χ1n) is 5.88. The lowest BCUT2D eigenvalue weighted by atomic mass is 9.84. The molecular formula is C13H16N2O4. The fraction of sp³-hybridized carbons (Fsp3) is 0.385. The molecule has 0 unspecified atom stereocenters. The molecule has 6 nitrogen and oxygen atoms in total. The number of aromatic nitrogens is 1. The van der Waals surface area contributed by atoms with Gasteiger partial charge in [-0.15, -0.1) is 0 Å². The van der Waals surface area contributed by atoms with E-state index in [4.69, 9.17) is 9.52 Å². The summed E-state index contributed by atoms with van der Waals surface area (Å²) < 4.78 is 6.56. The van der Waals surface area contributed by atoms with Crippen molar-refractivity contribution in [1.82, 2.24) is 9.88 Å². The van der Waals surface area contributed by atoms with Gasteiger partial charge in [-0.1, -0.05) is 19.9 Å². The van der Waals surface area contributed by atoms with Crippen molar-refractivity contribution in [3.05, 3.63) is 34.3 Å². The molecule has 102 valence electrons. The maximum Gasteiger partial charge on any atom is 0.419 e. The van der Waals surface area contributed by atoms with Gasteiger partial charge in [-0.25, -0.2) is 9.59 Å². The second kappa shape index (κ2) is 4.46. The Hall–Kier alpha value is -2.24. The Bertz CT molecular complexity index is 681.